The summed E-state index contributed by atoms with van der Waals surface area (Å²) in [5.41, 5.74) is 1.97. The molecule has 0 aromatic heterocycles. The van der Waals surface area contributed by atoms with Crippen LogP contribution in [0.2, 0.25) is 0 Å². The Hall–Kier alpha value is -1.55. The fourth-order valence-corrected chi connectivity index (χ4v) is 2.30. The van der Waals surface area contributed by atoms with Gasteiger partial charge in [-0.1, -0.05) is 18.2 Å². The number of anilines is 1. The molecule has 4 nitrogen and oxygen atoms in total. The highest BCUT2D eigenvalue weighted by atomic mass is 16.5. The fourth-order valence-electron chi connectivity index (χ4n) is 2.30. The van der Waals surface area contributed by atoms with Gasteiger partial charge in [0.1, 0.15) is 0 Å². The molecule has 0 saturated carbocycles. The molecule has 1 aliphatic heterocycles. The Bertz CT molecular complexity index is 420. The van der Waals surface area contributed by atoms with Gasteiger partial charge >= 0.3 is 6.03 Å². The molecule has 4 heteroatoms. The minimum atomic E-state index is -0.0112. The van der Waals surface area contributed by atoms with E-state index in [1.165, 1.54) is 0 Å². The first kappa shape index (κ1) is 12.9. The van der Waals surface area contributed by atoms with Crippen LogP contribution in [0.3, 0.4) is 0 Å². The summed E-state index contributed by atoms with van der Waals surface area (Å²) in [5, 5.41) is 2.96. The first-order chi connectivity index (χ1) is 8.70. The molecule has 1 aromatic carbocycles. The van der Waals surface area contributed by atoms with Gasteiger partial charge in [0, 0.05) is 31.8 Å². The van der Waals surface area contributed by atoms with Gasteiger partial charge in [-0.25, -0.2) is 4.79 Å². The predicted octanol–water partition coefficient (Wildman–Crippen LogP) is 2.50. The Balaban J connectivity index is 1.91. The number of rotatable bonds is 3. The number of carbonyl (C=O) groups excluding carboxylic acids is 1. The smallest absolute Gasteiger partial charge is 0.321 e. The minimum Gasteiger partial charge on any atom is -0.384 e. The molecule has 1 heterocycles. The van der Waals surface area contributed by atoms with Crippen molar-refractivity contribution in [1.82, 2.24) is 4.90 Å². The fraction of sp³-hybridized carbons (Fsp3) is 0.500. The third-order valence-corrected chi connectivity index (χ3v) is 3.36. The molecular formula is C14H20N2O2. The molecule has 1 N–H and O–H groups in total. The van der Waals surface area contributed by atoms with Crippen LogP contribution in [0, 0.1) is 12.8 Å². The maximum atomic E-state index is 12.1. The standard InChI is InChI=1S/C14H20N2O2/c1-11-5-3-4-6-13(11)15-14(17)16-8-7-12(9-16)10-18-2/h3-6,12H,7-10H2,1-2H3,(H,15,17)/t12-/m1/s1. The molecule has 0 bridgehead atoms. The summed E-state index contributed by atoms with van der Waals surface area (Å²) < 4.78 is 5.13. The zero-order valence-electron chi connectivity index (χ0n) is 11.0. The SMILES string of the molecule is COC[C@@H]1CCN(C(=O)Nc2ccccc2C)C1. The number of carbonyl (C=O) groups is 1. The molecule has 0 unspecified atom stereocenters. The van der Waals surface area contributed by atoms with E-state index < -0.39 is 0 Å². The number of amides is 2. The third kappa shape index (κ3) is 3.01. The average Bonchev–Trinajstić information content (AvgIpc) is 2.81. The Morgan fingerprint density at radius 1 is 1.50 bits per heavy atom. The van der Waals surface area contributed by atoms with Crippen LogP contribution in [-0.4, -0.2) is 37.7 Å². The largest absolute Gasteiger partial charge is 0.384 e. The lowest BCUT2D eigenvalue weighted by Gasteiger charge is -2.18. The maximum absolute atomic E-state index is 12.1. The van der Waals surface area contributed by atoms with Crippen molar-refractivity contribution in [2.24, 2.45) is 5.92 Å². The van der Waals surface area contributed by atoms with E-state index in [1.807, 2.05) is 36.1 Å². The van der Waals surface area contributed by atoms with Crippen LogP contribution in [-0.2, 0) is 4.74 Å². The minimum absolute atomic E-state index is 0.0112. The zero-order chi connectivity index (χ0) is 13.0. The van der Waals surface area contributed by atoms with Gasteiger partial charge in [-0.2, -0.15) is 0 Å². The molecule has 0 spiro atoms. The number of urea groups is 1. The first-order valence-electron chi connectivity index (χ1n) is 6.31. The second-order valence-electron chi connectivity index (χ2n) is 4.80. The first-order valence-corrected chi connectivity index (χ1v) is 6.31. The molecule has 1 aromatic rings. The van der Waals surface area contributed by atoms with E-state index in [9.17, 15) is 4.79 Å². The molecule has 1 fully saturated rings. The third-order valence-electron chi connectivity index (χ3n) is 3.36. The second kappa shape index (κ2) is 5.87. The molecule has 18 heavy (non-hydrogen) atoms. The van der Waals surface area contributed by atoms with Crippen LogP contribution >= 0.6 is 0 Å². The summed E-state index contributed by atoms with van der Waals surface area (Å²) in [6.45, 7) is 4.32. The summed E-state index contributed by atoms with van der Waals surface area (Å²) >= 11 is 0. The quantitative estimate of drug-likeness (QED) is 0.893. The van der Waals surface area contributed by atoms with Gasteiger partial charge in [-0.15, -0.1) is 0 Å². The van der Waals surface area contributed by atoms with Crippen molar-refractivity contribution in [3.8, 4) is 0 Å². The second-order valence-corrected chi connectivity index (χ2v) is 4.80. The Morgan fingerprint density at radius 3 is 3.00 bits per heavy atom. The van der Waals surface area contributed by atoms with E-state index >= 15 is 0 Å². The molecule has 2 rings (SSSR count). The highest BCUT2D eigenvalue weighted by Gasteiger charge is 2.26. The molecule has 1 saturated heterocycles. The van der Waals surface area contributed by atoms with Crippen LogP contribution < -0.4 is 5.32 Å². The van der Waals surface area contributed by atoms with Gasteiger partial charge < -0.3 is 15.0 Å². The lowest BCUT2D eigenvalue weighted by molar-refractivity contribution is 0.154. The highest BCUT2D eigenvalue weighted by molar-refractivity contribution is 5.90. The van der Waals surface area contributed by atoms with E-state index in [0.717, 1.165) is 37.4 Å². The molecular weight excluding hydrogens is 228 g/mol. The van der Waals surface area contributed by atoms with Crippen molar-refractivity contribution >= 4 is 11.7 Å². The number of hydrogen-bond acceptors (Lipinski definition) is 2. The van der Waals surface area contributed by atoms with Crippen LogP contribution in [0.4, 0.5) is 10.5 Å². The summed E-state index contributed by atoms with van der Waals surface area (Å²) in [7, 11) is 1.70. The van der Waals surface area contributed by atoms with Crippen molar-refractivity contribution in [3.05, 3.63) is 29.8 Å². The summed E-state index contributed by atoms with van der Waals surface area (Å²) in [5.74, 6) is 0.470. The van der Waals surface area contributed by atoms with Crippen LogP contribution in [0.15, 0.2) is 24.3 Å². The van der Waals surface area contributed by atoms with E-state index in [0.29, 0.717) is 5.92 Å². The number of methoxy groups -OCH3 is 1. The predicted molar refractivity (Wildman–Crippen MR) is 71.8 cm³/mol. The van der Waals surface area contributed by atoms with Crippen molar-refractivity contribution in [3.63, 3.8) is 0 Å². The number of para-hydroxylation sites is 1. The monoisotopic (exact) mass is 248 g/mol. The normalized spacial score (nSPS) is 19.0. The summed E-state index contributed by atoms with van der Waals surface area (Å²) in [4.78, 5) is 13.9. The van der Waals surface area contributed by atoms with Gasteiger partial charge in [0.2, 0.25) is 0 Å². The van der Waals surface area contributed by atoms with Crippen LogP contribution in [0.25, 0.3) is 0 Å². The number of nitrogens with one attached hydrogen (secondary N) is 1. The van der Waals surface area contributed by atoms with E-state index in [1.54, 1.807) is 7.11 Å². The van der Waals surface area contributed by atoms with Crippen LogP contribution in [0.5, 0.6) is 0 Å². The van der Waals surface area contributed by atoms with Crippen molar-refractivity contribution < 1.29 is 9.53 Å². The molecule has 98 valence electrons. The van der Waals surface area contributed by atoms with Crippen molar-refractivity contribution in [2.75, 3.05) is 32.1 Å². The van der Waals surface area contributed by atoms with Gasteiger partial charge in [-0.05, 0) is 25.0 Å². The van der Waals surface area contributed by atoms with Crippen LogP contribution in [0.1, 0.15) is 12.0 Å². The number of aryl methyl sites for hydroxylation is 1. The topological polar surface area (TPSA) is 41.6 Å². The van der Waals surface area contributed by atoms with E-state index in [2.05, 4.69) is 5.32 Å². The highest BCUT2D eigenvalue weighted by Crippen LogP contribution is 2.19. The number of hydrogen-bond donors (Lipinski definition) is 1. The summed E-state index contributed by atoms with van der Waals surface area (Å²) in [6, 6.07) is 7.81. The molecule has 0 aliphatic carbocycles. The molecule has 0 radical (unpaired) electrons. The maximum Gasteiger partial charge on any atom is 0.321 e. The molecule has 2 amide bonds. The lowest BCUT2D eigenvalue weighted by atomic mass is 10.1. The Kier molecular flexibility index (Phi) is 4.20. The van der Waals surface area contributed by atoms with Gasteiger partial charge in [0.05, 0.1) is 6.61 Å². The van der Waals surface area contributed by atoms with Gasteiger partial charge in [0.15, 0.2) is 0 Å². The van der Waals surface area contributed by atoms with Crippen molar-refractivity contribution in [2.45, 2.75) is 13.3 Å². The van der Waals surface area contributed by atoms with Crippen molar-refractivity contribution in [1.29, 1.82) is 0 Å². The Morgan fingerprint density at radius 2 is 2.28 bits per heavy atom. The lowest BCUT2D eigenvalue weighted by Crippen LogP contribution is -2.33. The van der Waals surface area contributed by atoms with E-state index in [4.69, 9.17) is 4.74 Å². The number of benzene rings is 1. The number of ether oxygens (including phenoxy) is 1. The number of likely N-dealkylation sites (tertiary alicyclic amines) is 1. The molecule has 1 atom stereocenters. The number of nitrogens with zero attached hydrogens (tertiary/aromatic N) is 1. The van der Waals surface area contributed by atoms with Gasteiger partial charge in [-0.3, -0.25) is 0 Å². The zero-order valence-corrected chi connectivity index (χ0v) is 11.0. The van der Waals surface area contributed by atoms with Gasteiger partial charge in [0.25, 0.3) is 0 Å². The summed E-state index contributed by atoms with van der Waals surface area (Å²) in [6.07, 6.45) is 1.02. The Labute approximate surface area is 108 Å². The molecule has 1 aliphatic rings. The average molecular weight is 248 g/mol. The van der Waals surface area contributed by atoms with E-state index in [-0.39, 0.29) is 6.03 Å².